The van der Waals surface area contributed by atoms with E-state index in [0.29, 0.717) is 18.6 Å². The van der Waals surface area contributed by atoms with Crippen molar-refractivity contribution in [3.8, 4) is 11.3 Å². The molecule has 0 radical (unpaired) electrons. The highest BCUT2D eigenvalue weighted by molar-refractivity contribution is 5.69. The molecule has 0 aliphatic heterocycles. The Hall–Kier alpha value is -2.83. The second-order valence-corrected chi connectivity index (χ2v) is 6.48. The normalized spacial score (nSPS) is 11.6. The van der Waals surface area contributed by atoms with E-state index in [4.69, 9.17) is 4.74 Å². The molecule has 7 heteroatoms. The van der Waals surface area contributed by atoms with E-state index in [2.05, 4.69) is 15.1 Å². The fourth-order valence-corrected chi connectivity index (χ4v) is 2.34. The van der Waals surface area contributed by atoms with Crippen LogP contribution in [0.2, 0.25) is 0 Å². The van der Waals surface area contributed by atoms with Gasteiger partial charge in [0.15, 0.2) is 24.6 Å². The zero-order chi connectivity index (χ0) is 17.2. The molecular weight excluding hydrogens is 306 g/mol. The van der Waals surface area contributed by atoms with Crippen LogP contribution in [-0.4, -0.2) is 31.2 Å². The highest BCUT2D eigenvalue weighted by Gasteiger charge is 2.17. The summed E-state index contributed by atoms with van der Waals surface area (Å²) in [6, 6.07) is 3.93. The molecule has 0 aliphatic carbocycles. The minimum Gasteiger partial charge on any atom is -0.460 e. The standard InChI is InChI=1S/C17H20N5O2/c1-17(2,3)24-16(23)6-9-21-7-4-13(5-8-21)14-10-18-11-15-19-12-20-22(14)15/h4-5,7-8,10-12H,6,9H2,1-3H3/q+1. The van der Waals surface area contributed by atoms with Gasteiger partial charge in [0.2, 0.25) is 0 Å². The molecule has 0 aliphatic rings. The lowest BCUT2D eigenvalue weighted by Crippen LogP contribution is -2.35. The predicted octanol–water partition coefficient (Wildman–Crippen LogP) is 1.81. The van der Waals surface area contributed by atoms with Gasteiger partial charge >= 0.3 is 5.97 Å². The molecule has 124 valence electrons. The maximum atomic E-state index is 11.8. The molecule has 0 N–H and O–H groups in total. The van der Waals surface area contributed by atoms with Gasteiger partial charge in [-0.2, -0.15) is 5.10 Å². The Kier molecular flexibility index (Phi) is 4.24. The van der Waals surface area contributed by atoms with Gasteiger partial charge in [0.25, 0.3) is 0 Å². The fourth-order valence-electron chi connectivity index (χ4n) is 2.34. The SMILES string of the molecule is CC(C)(C)OC(=O)CC[n+]1ccc(-c2cncc3ncnn23)cc1. The lowest BCUT2D eigenvalue weighted by molar-refractivity contribution is -0.695. The van der Waals surface area contributed by atoms with Crippen molar-refractivity contribution in [3.05, 3.63) is 43.2 Å². The van der Waals surface area contributed by atoms with Gasteiger partial charge in [0.05, 0.1) is 18.1 Å². The van der Waals surface area contributed by atoms with Crippen LogP contribution >= 0.6 is 0 Å². The Morgan fingerprint density at radius 1 is 1.25 bits per heavy atom. The molecule has 0 aromatic carbocycles. The van der Waals surface area contributed by atoms with Crippen molar-refractivity contribution in [2.75, 3.05) is 0 Å². The van der Waals surface area contributed by atoms with Crippen LogP contribution in [-0.2, 0) is 16.1 Å². The van der Waals surface area contributed by atoms with Gasteiger partial charge in [-0.05, 0) is 20.8 Å². The highest BCUT2D eigenvalue weighted by atomic mass is 16.6. The van der Waals surface area contributed by atoms with Crippen LogP contribution in [0.1, 0.15) is 27.2 Å². The number of hydrogen-bond donors (Lipinski definition) is 0. The van der Waals surface area contributed by atoms with Crippen molar-refractivity contribution in [3.63, 3.8) is 0 Å². The van der Waals surface area contributed by atoms with Crippen LogP contribution in [0.15, 0.2) is 43.2 Å². The van der Waals surface area contributed by atoms with E-state index in [9.17, 15) is 4.79 Å². The number of carbonyl (C=O) groups is 1. The first kappa shape index (κ1) is 16.0. The second kappa shape index (κ2) is 6.35. The molecular formula is C17H20N5O2+. The van der Waals surface area contributed by atoms with Crippen LogP contribution in [0.25, 0.3) is 16.9 Å². The number of carbonyl (C=O) groups excluding carboxylic acids is 1. The number of esters is 1. The number of ether oxygens (including phenoxy) is 1. The largest absolute Gasteiger partial charge is 0.460 e. The minimum absolute atomic E-state index is 0.198. The molecule has 0 saturated heterocycles. The molecule has 0 fully saturated rings. The third kappa shape index (κ3) is 3.73. The van der Waals surface area contributed by atoms with E-state index in [1.54, 1.807) is 16.9 Å². The van der Waals surface area contributed by atoms with E-state index in [1.807, 2.05) is 49.9 Å². The lowest BCUT2D eigenvalue weighted by atomic mass is 10.2. The molecule has 7 nitrogen and oxygen atoms in total. The van der Waals surface area contributed by atoms with E-state index >= 15 is 0 Å². The number of aromatic nitrogens is 5. The van der Waals surface area contributed by atoms with Crippen molar-refractivity contribution >= 4 is 11.6 Å². The van der Waals surface area contributed by atoms with E-state index in [1.165, 1.54) is 6.33 Å². The molecule has 0 atom stereocenters. The molecule has 0 unspecified atom stereocenters. The number of fused-ring (bicyclic) bond motifs is 1. The summed E-state index contributed by atoms with van der Waals surface area (Å²) in [5, 5.41) is 4.21. The Morgan fingerprint density at radius 2 is 2.00 bits per heavy atom. The molecule has 0 amide bonds. The number of rotatable bonds is 4. The molecule has 3 rings (SSSR count). The van der Waals surface area contributed by atoms with Crippen molar-refractivity contribution in [2.24, 2.45) is 0 Å². The number of nitrogens with zero attached hydrogens (tertiary/aromatic N) is 5. The monoisotopic (exact) mass is 326 g/mol. The van der Waals surface area contributed by atoms with Gasteiger partial charge < -0.3 is 4.74 Å². The molecule has 3 aromatic heterocycles. The lowest BCUT2D eigenvalue weighted by Gasteiger charge is -2.18. The van der Waals surface area contributed by atoms with E-state index < -0.39 is 5.60 Å². The van der Waals surface area contributed by atoms with Crippen molar-refractivity contribution in [1.29, 1.82) is 0 Å². The molecule has 0 saturated carbocycles. The highest BCUT2D eigenvalue weighted by Crippen LogP contribution is 2.16. The van der Waals surface area contributed by atoms with Crippen LogP contribution in [0.3, 0.4) is 0 Å². The third-order valence-corrected chi connectivity index (χ3v) is 3.37. The summed E-state index contributed by atoms with van der Waals surface area (Å²) in [7, 11) is 0. The maximum Gasteiger partial charge on any atom is 0.312 e. The summed E-state index contributed by atoms with van der Waals surface area (Å²) in [5.41, 5.74) is 2.10. The Morgan fingerprint density at radius 3 is 2.71 bits per heavy atom. The van der Waals surface area contributed by atoms with Gasteiger partial charge in [-0.25, -0.2) is 14.1 Å². The predicted molar refractivity (Wildman–Crippen MR) is 86.9 cm³/mol. The Balaban J connectivity index is 1.70. The van der Waals surface area contributed by atoms with E-state index in [-0.39, 0.29) is 5.97 Å². The van der Waals surface area contributed by atoms with Crippen molar-refractivity contribution in [2.45, 2.75) is 39.3 Å². The summed E-state index contributed by atoms with van der Waals surface area (Å²) in [6.07, 6.45) is 9.11. The van der Waals surface area contributed by atoms with Gasteiger partial charge in [-0.3, -0.25) is 9.78 Å². The smallest absolute Gasteiger partial charge is 0.312 e. The average Bonchev–Trinajstić information content (AvgIpc) is 3.00. The van der Waals surface area contributed by atoms with E-state index in [0.717, 1.165) is 11.3 Å². The number of hydrogen-bond acceptors (Lipinski definition) is 5. The summed E-state index contributed by atoms with van der Waals surface area (Å²) in [4.78, 5) is 20.1. The summed E-state index contributed by atoms with van der Waals surface area (Å²) < 4.78 is 9.00. The van der Waals surface area contributed by atoms with Crippen LogP contribution < -0.4 is 4.57 Å². The molecule has 3 aromatic rings. The quantitative estimate of drug-likeness (QED) is 0.540. The van der Waals surface area contributed by atoms with Gasteiger partial charge in [-0.15, -0.1) is 0 Å². The molecule has 3 heterocycles. The van der Waals surface area contributed by atoms with Crippen LogP contribution in [0, 0.1) is 0 Å². The van der Waals surface area contributed by atoms with Crippen LogP contribution in [0.5, 0.6) is 0 Å². The summed E-state index contributed by atoms with van der Waals surface area (Å²) >= 11 is 0. The van der Waals surface area contributed by atoms with Gasteiger partial charge in [-0.1, -0.05) is 0 Å². The van der Waals surface area contributed by atoms with Gasteiger partial charge in [0, 0.05) is 17.7 Å². The molecule has 0 bridgehead atoms. The fraction of sp³-hybridized carbons (Fsp3) is 0.353. The Bertz CT molecular complexity index is 849. The maximum absolute atomic E-state index is 11.8. The average molecular weight is 326 g/mol. The van der Waals surface area contributed by atoms with Crippen molar-refractivity contribution < 1.29 is 14.1 Å². The van der Waals surface area contributed by atoms with Crippen LogP contribution in [0.4, 0.5) is 0 Å². The minimum atomic E-state index is -0.449. The molecule has 24 heavy (non-hydrogen) atoms. The Labute approximate surface area is 139 Å². The first-order chi connectivity index (χ1) is 11.4. The summed E-state index contributed by atoms with van der Waals surface area (Å²) in [6.45, 7) is 6.17. The number of aryl methyl sites for hydroxylation is 1. The third-order valence-electron chi connectivity index (χ3n) is 3.37. The zero-order valence-corrected chi connectivity index (χ0v) is 14.0. The zero-order valence-electron chi connectivity index (χ0n) is 14.0. The second-order valence-electron chi connectivity index (χ2n) is 6.48. The first-order valence-corrected chi connectivity index (χ1v) is 7.77. The van der Waals surface area contributed by atoms with Crippen molar-refractivity contribution in [1.82, 2.24) is 19.6 Å². The first-order valence-electron chi connectivity index (χ1n) is 7.77. The molecule has 0 spiro atoms. The summed E-state index contributed by atoms with van der Waals surface area (Å²) in [5.74, 6) is -0.198. The number of pyridine rings is 1. The van der Waals surface area contributed by atoms with Gasteiger partial charge in [0.1, 0.15) is 18.3 Å². The topological polar surface area (TPSA) is 73.3 Å².